The molecule has 1 heterocycles. The number of esters is 1. The second-order valence-electron chi connectivity index (χ2n) is 7.17. The molecule has 0 amide bonds. The molecule has 5 nitrogen and oxygen atoms in total. The van der Waals surface area contributed by atoms with Gasteiger partial charge in [-0.3, -0.25) is 4.79 Å². The van der Waals surface area contributed by atoms with Crippen LogP contribution in [0.1, 0.15) is 25.7 Å². The van der Waals surface area contributed by atoms with Gasteiger partial charge >= 0.3 is 5.97 Å². The molecule has 2 aromatic rings. The lowest BCUT2D eigenvalue weighted by Gasteiger charge is -2.47. The first-order chi connectivity index (χ1) is 12.7. The Bertz CT molecular complexity index is 791. The first-order valence-electron chi connectivity index (χ1n) is 9.10. The molecule has 3 saturated carbocycles. The Morgan fingerprint density at radius 3 is 2.50 bits per heavy atom. The second kappa shape index (κ2) is 7.23. The van der Waals surface area contributed by atoms with Gasteiger partial charge in [0.25, 0.3) is 0 Å². The summed E-state index contributed by atoms with van der Waals surface area (Å²) in [5.41, 5.74) is 1.75. The SMILES string of the molecule is COC(=O)C1C2CCC(CC2)C1Nc1cc(-c2ccccc2)nc(Cl)n1. The zero-order chi connectivity index (χ0) is 18.1. The fourth-order valence-corrected chi connectivity index (χ4v) is 4.73. The number of hydrogen-bond donors (Lipinski definition) is 1. The third-order valence-corrected chi connectivity index (χ3v) is 5.94. The van der Waals surface area contributed by atoms with E-state index in [1.165, 1.54) is 7.11 Å². The molecule has 3 fully saturated rings. The minimum atomic E-state index is -0.125. The highest BCUT2D eigenvalue weighted by molar-refractivity contribution is 6.28. The molecule has 2 atom stereocenters. The highest BCUT2D eigenvalue weighted by atomic mass is 35.5. The lowest BCUT2D eigenvalue weighted by molar-refractivity contribution is -0.152. The predicted molar refractivity (Wildman–Crippen MR) is 101 cm³/mol. The van der Waals surface area contributed by atoms with Crippen LogP contribution in [-0.2, 0) is 9.53 Å². The van der Waals surface area contributed by atoms with Gasteiger partial charge in [-0.25, -0.2) is 9.97 Å². The third-order valence-electron chi connectivity index (χ3n) is 5.78. The molecule has 1 aromatic carbocycles. The van der Waals surface area contributed by atoms with Gasteiger partial charge in [0.1, 0.15) is 5.82 Å². The number of aromatic nitrogens is 2. The van der Waals surface area contributed by atoms with E-state index in [1.807, 2.05) is 36.4 Å². The van der Waals surface area contributed by atoms with Crippen molar-refractivity contribution in [2.75, 3.05) is 12.4 Å². The summed E-state index contributed by atoms with van der Waals surface area (Å²) in [5, 5.41) is 3.69. The third kappa shape index (κ3) is 3.28. The molecule has 3 aliphatic carbocycles. The first-order valence-corrected chi connectivity index (χ1v) is 9.48. The van der Waals surface area contributed by atoms with Gasteiger partial charge in [0.05, 0.1) is 18.7 Å². The quantitative estimate of drug-likeness (QED) is 0.645. The van der Waals surface area contributed by atoms with Crippen molar-refractivity contribution in [3.05, 3.63) is 41.7 Å². The van der Waals surface area contributed by atoms with E-state index < -0.39 is 0 Å². The van der Waals surface area contributed by atoms with Crippen LogP contribution in [0, 0.1) is 17.8 Å². The highest BCUT2D eigenvalue weighted by Gasteiger charge is 2.47. The van der Waals surface area contributed by atoms with E-state index in [9.17, 15) is 4.79 Å². The number of methoxy groups -OCH3 is 1. The maximum atomic E-state index is 12.4. The zero-order valence-corrected chi connectivity index (χ0v) is 15.4. The van der Waals surface area contributed by atoms with Crippen LogP contribution in [-0.4, -0.2) is 29.1 Å². The van der Waals surface area contributed by atoms with Crippen molar-refractivity contribution >= 4 is 23.4 Å². The Balaban J connectivity index is 1.63. The van der Waals surface area contributed by atoms with Gasteiger partial charge < -0.3 is 10.1 Å². The molecular weight excluding hydrogens is 350 g/mol. The number of ether oxygens (including phenoxy) is 1. The lowest BCUT2D eigenvalue weighted by Crippen LogP contribution is -2.51. The predicted octanol–water partition coefficient (Wildman–Crippen LogP) is 4.19. The summed E-state index contributed by atoms with van der Waals surface area (Å²) in [7, 11) is 1.47. The maximum absolute atomic E-state index is 12.4. The van der Waals surface area contributed by atoms with E-state index in [0.29, 0.717) is 17.7 Å². The number of nitrogens with one attached hydrogen (secondary N) is 1. The second-order valence-corrected chi connectivity index (χ2v) is 7.51. The Morgan fingerprint density at radius 2 is 1.81 bits per heavy atom. The van der Waals surface area contributed by atoms with Gasteiger partial charge in [0, 0.05) is 17.7 Å². The standard InChI is InChI=1S/C20H22ClN3O2/c1-26-19(25)17-13-7-9-14(10-8-13)18(17)23-16-11-15(22-20(21)24-16)12-5-3-2-4-6-12/h2-6,11,13-14,17-18H,7-10H2,1H3,(H,22,23,24). The molecule has 1 aromatic heterocycles. The summed E-state index contributed by atoms with van der Waals surface area (Å²) in [6.07, 6.45) is 4.48. The number of hydrogen-bond acceptors (Lipinski definition) is 5. The fourth-order valence-electron chi connectivity index (χ4n) is 4.55. The number of halogens is 1. The van der Waals surface area contributed by atoms with Crippen molar-refractivity contribution in [1.29, 1.82) is 0 Å². The van der Waals surface area contributed by atoms with Crippen LogP contribution in [0.3, 0.4) is 0 Å². The summed E-state index contributed by atoms with van der Waals surface area (Å²) in [5.74, 6) is 1.26. The normalized spacial score (nSPS) is 27.2. The molecule has 136 valence electrons. The fraction of sp³-hybridized carbons (Fsp3) is 0.450. The number of fused-ring (bicyclic) bond motifs is 3. The summed E-state index contributed by atoms with van der Waals surface area (Å²) in [4.78, 5) is 21.1. The van der Waals surface area contributed by atoms with Crippen molar-refractivity contribution in [3.8, 4) is 11.3 Å². The number of rotatable bonds is 4. The van der Waals surface area contributed by atoms with Gasteiger partial charge in [0.15, 0.2) is 0 Å². The van der Waals surface area contributed by atoms with Crippen molar-refractivity contribution in [3.63, 3.8) is 0 Å². The minimum absolute atomic E-state index is 0.0320. The topological polar surface area (TPSA) is 64.1 Å². The van der Waals surface area contributed by atoms with Crippen LogP contribution in [0.4, 0.5) is 5.82 Å². The molecule has 6 heteroatoms. The van der Waals surface area contributed by atoms with Crippen molar-refractivity contribution in [2.24, 2.45) is 17.8 Å². The molecule has 0 aliphatic heterocycles. The number of carbonyl (C=O) groups is 1. The number of nitrogens with zero attached hydrogens (tertiary/aromatic N) is 2. The van der Waals surface area contributed by atoms with Gasteiger partial charge in [0.2, 0.25) is 5.28 Å². The number of carbonyl (C=O) groups excluding carboxylic acids is 1. The van der Waals surface area contributed by atoms with Crippen LogP contribution < -0.4 is 5.32 Å². The average Bonchev–Trinajstić information content (AvgIpc) is 2.68. The Labute approximate surface area is 158 Å². The summed E-state index contributed by atoms with van der Waals surface area (Å²) < 4.78 is 5.09. The Kier molecular flexibility index (Phi) is 4.81. The van der Waals surface area contributed by atoms with Gasteiger partial charge in [-0.1, -0.05) is 30.3 Å². The van der Waals surface area contributed by atoms with Crippen molar-refractivity contribution in [2.45, 2.75) is 31.7 Å². The Morgan fingerprint density at radius 1 is 1.12 bits per heavy atom. The molecular formula is C20H22ClN3O2. The summed E-state index contributed by atoms with van der Waals surface area (Å²) in [6, 6.07) is 11.8. The lowest BCUT2D eigenvalue weighted by atomic mass is 9.61. The smallest absolute Gasteiger partial charge is 0.311 e. The van der Waals surface area contributed by atoms with E-state index in [1.54, 1.807) is 0 Å². The van der Waals surface area contributed by atoms with Gasteiger partial charge in [-0.15, -0.1) is 0 Å². The minimum Gasteiger partial charge on any atom is -0.469 e. The summed E-state index contributed by atoms with van der Waals surface area (Å²) in [6.45, 7) is 0. The monoisotopic (exact) mass is 371 g/mol. The molecule has 2 bridgehead atoms. The zero-order valence-electron chi connectivity index (χ0n) is 14.7. The van der Waals surface area contributed by atoms with Crippen LogP contribution in [0.15, 0.2) is 36.4 Å². The Hall–Kier alpha value is -2.14. The van der Waals surface area contributed by atoms with Crippen LogP contribution in [0.2, 0.25) is 5.28 Å². The molecule has 0 radical (unpaired) electrons. The molecule has 0 saturated heterocycles. The van der Waals surface area contributed by atoms with E-state index in [0.717, 1.165) is 36.9 Å². The van der Waals surface area contributed by atoms with E-state index in [2.05, 4.69) is 15.3 Å². The maximum Gasteiger partial charge on any atom is 0.311 e. The van der Waals surface area contributed by atoms with E-state index in [-0.39, 0.29) is 23.2 Å². The van der Waals surface area contributed by atoms with Crippen molar-refractivity contribution in [1.82, 2.24) is 9.97 Å². The average molecular weight is 372 g/mol. The van der Waals surface area contributed by atoms with Gasteiger partial charge in [-0.05, 0) is 49.1 Å². The molecule has 3 aliphatic rings. The van der Waals surface area contributed by atoms with E-state index in [4.69, 9.17) is 16.3 Å². The molecule has 2 unspecified atom stereocenters. The van der Waals surface area contributed by atoms with Crippen LogP contribution >= 0.6 is 11.6 Å². The molecule has 0 spiro atoms. The molecule has 26 heavy (non-hydrogen) atoms. The summed E-state index contributed by atoms with van der Waals surface area (Å²) >= 11 is 6.17. The number of anilines is 1. The first kappa shape index (κ1) is 17.3. The van der Waals surface area contributed by atoms with Crippen molar-refractivity contribution < 1.29 is 9.53 Å². The van der Waals surface area contributed by atoms with Crippen LogP contribution in [0.25, 0.3) is 11.3 Å². The molecule has 5 rings (SSSR count). The highest BCUT2D eigenvalue weighted by Crippen LogP contribution is 2.46. The largest absolute Gasteiger partial charge is 0.469 e. The van der Waals surface area contributed by atoms with Gasteiger partial charge in [-0.2, -0.15) is 0 Å². The molecule has 1 N–H and O–H groups in total. The van der Waals surface area contributed by atoms with Crippen LogP contribution in [0.5, 0.6) is 0 Å². The van der Waals surface area contributed by atoms with E-state index >= 15 is 0 Å². The number of benzene rings is 1.